The Hall–Kier alpha value is -3.54. The van der Waals surface area contributed by atoms with Gasteiger partial charge in [0.15, 0.2) is 0 Å². The van der Waals surface area contributed by atoms with Gasteiger partial charge in [-0.2, -0.15) is 4.72 Å². The quantitative estimate of drug-likeness (QED) is 0.153. The third-order valence-electron chi connectivity index (χ3n) is 6.73. The highest BCUT2D eigenvalue weighted by atomic mass is 32.2. The number of hydrogen-bond acceptors (Lipinski definition) is 7. The van der Waals surface area contributed by atoms with Gasteiger partial charge >= 0.3 is 11.9 Å². The monoisotopic (exact) mass is 554 g/mol. The van der Waals surface area contributed by atoms with E-state index < -0.39 is 34.0 Å². The molecule has 0 unspecified atom stereocenters. The Bertz CT molecular complexity index is 1410. The molecule has 1 fully saturated rings. The van der Waals surface area contributed by atoms with Gasteiger partial charge in [-0.1, -0.05) is 35.9 Å². The van der Waals surface area contributed by atoms with Gasteiger partial charge in [-0.25, -0.2) is 18.0 Å². The first kappa shape index (κ1) is 28.5. The largest absolute Gasteiger partial charge is 0.391 e. The van der Waals surface area contributed by atoms with Crippen molar-refractivity contribution in [3.8, 4) is 0 Å². The molecule has 0 bridgehead atoms. The van der Waals surface area contributed by atoms with Crippen LogP contribution in [0.1, 0.15) is 43.2 Å². The topological polar surface area (TPSA) is 146 Å². The number of ether oxygens (including phenoxy) is 1. The van der Waals surface area contributed by atoms with Crippen LogP contribution in [0.3, 0.4) is 0 Å². The lowest BCUT2D eigenvalue weighted by Crippen LogP contribution is -2.44. The van der Waals surface area contributed by atoms with E-state index in [1.165, 1.54) is 12.1 Å². The molecule has 3 aromatic rings. The second-order valence-corrected chi connectivity index (χ2v) is 11.5. The van der Waals surface area contributed by atoms with E-state index in [1.54, 1.807) is 12.1 Å². The Kier molecular flexibility index (Phi) is 9.50. The summed E-state index contributed by atoms with van der Waals surface area (Å²) in [5, 5.41) is 6.83. The zero-order chi connectivity index (χ0) is 27.8. The van der Waals surface area contributed by atoms with Gasteiger partial charge in [-0.05, 0) is 69.3 Å². The van der Waals surface area contributed by atoms with Crippen LogP contribution in [-0.2, 0) is 35.6 Å². The minimum Gasteiger partial charge on any atom is -0.391 e. The second-order valence-electron chi connectivity index (χ2n) is 9.76. The lowest BCUT2D eigenvalue weighted by Gasteiger charge is -2.18. The van der Waals surface area contributed by atoms with Crippen LogP contribution >= 0.6 is 0 Å². The molecule has 1 aromatic heterocycles. The van der Waals surface area contributed by atoms with Crippen molar-refractivity contribution in [2.45, 2.75) is 62.4 Å². The predicted molar refractivity (Wildman–Crippen MR) is 146 cm³/mol. The van der Waals surface area contributed by atoms with E-state index in [4.69, 9.17) is 4.74 Å². The number of nitrogens with one attached hydrogen (secondary N) is 4. The fourth-order valence-corrected chi connectivity index (χ4v) is 5.76. The van der Waals surface area contributed by atoms with Gasteiger partial charge in [0.25, 0.3) is 0 Å². The van der Waals surface area contributed by atoms with Crippen molar-refractivity contribution in [3.05, 3.63) is 65.9 Å². The number of rotatable bonds is 12. The first-order valence-corrected chi connectivity index (χ1v) is 14.6. The maximum atomic E-state index is 12.9. The fourth-order valence-electron chi connectivity index (χ4n) is 4.54. The summed E-state index contributed by atoms with van der Waals surface area (Å²) in [7, 11) is -4.03. The number of benzene rings is 2. The van der Waals surface area contributed by atoms with Crippen LogP contribution in [0.25, 0.3) is 10.9 Å². The molecule has 11 heteroatoms. The smallest absolute Gasteiger partial charge is 0.331 e. The number of H-pyrrole nitrogens is 1. The number of carbonyl (C=O) groups is 3. The molecule has 0 saturated carbocycles. The van der Waals surface area contributed by atoms with Gasteiger partial charge in [0.1, 0.15) is 12.1 Å². The fraction of sp³-hybridized carbons (Fsp3) is 0.393. The number of fused-ring (bicyclic) bond motifs is 1. The van der Waals surface area contributed by atoms with Crippen LogP contribution in [0.15, 0.2) is 59.6 Å². The first-order chi connectivity index (χ1) is 18.7. The Morgan fingerprint density at radius 2 is 1.85 bits per heavy atom. The van der Waals surface area contributed by atoms with Gasteiger partial charge in [0.05, 0.1) is 11.3 Å². The number of aromatic nitrogens is 1. The van der Waals surface area contributed by atoms with E-state index in [0.717, 1.165) is 28.5 Å². The molecule has 0 radical (unpaired) electrons. The molecule has 2 atom stereocenters. The summed E-state index contributed by atoms with van der Waals surface area (Å²) in [5.74, 6) is -1.78. The number of esters is 2. The second kappa shape index (κ2) is 13.0. The van der Waals surface area contributed by atoms with Crippen LogP contribution in [0, 0.1) is 6.92 Å². The molecular formula is C28H34N4O6S. The number of carbonyl (C=O) groups excluding carboxylic acids is 3. The van der Waals surface area contributed by atoms with E-state index in [9.17, 15) is 22.8 Å². The lowest BCUT2D eigenvalue weighted by molar-refractivity contribution is -0.162. The normalized spacial score (nSPS) is 16.2. The van der Waals surface area contributed by atoms with Crippen molar-refractivity contribution in [3.63, 3.8) is 0 Å². The van der Waals surface area contributed by atoms with Crippen LogP contribution in [-0.4, -0.2) is 56.4 Å². The zero-order valence-corrected chi connectivity index (χ0v) is 22.7. The summed E-state index contributed by atoms with van der Waals surface area (Å²) in [6, 6.07) is 12.2. The summed E-state index contributed by atoms with van der Waals surface area (Å²) in [6.07, 6.45) is 4.43. The van der Waals surface area contributed by atoms with Gasteiger partial charge in [-0.3, -0.25) is 4.79 Å². The third kappa shape index (κ3) is 7.75. The number of hydrogen-bond donors (Lipinski definition) is 4. The Labute approximate surface area is 227 Å². The number of amides is 1. The number of para-hydroxylation sites is 1. The summed E-state index contributed by atoms with van der Waals surface area (Å²) >= 11 is 0. The molecule has 4 N–H and O–H groups in total. The molecule has 1 saturated heterocycles. The molecule has 10 nitrogen and oxygen atoms in total. The van der Waals surface area contributed by atoms with Crippen LogP contribution < -0.4 is 15.4 Å². The standard InChI is InChI=1S/C28H34N4O6S/c1-19-11-13-21(14-12-19)39(36,37)32-25(28(35)38-27(34)24-10-6-16-29-24)9-4-5-15-30-26(33)17-20-18-31-23-8-3-2-7-22(20)23/h2-3,7-8,11-14,18,24-25,29,31-32H,4-6,9-10,15-17H2,1H3,(H,30,33)/t24-,25-/m0/s1. The lowest BCUT2D eigenvalue weighted by atomic mass is 10.1. The van der Waals surface area contributed by atoms with Gasteiger partial charge in [0.2, 0.25) is 15.9 Å². The van der Waals surface area contributed by atoms with Gasteiger partial charge < -0.3 is 20.4 Å². The summed E-state index contributed by atoms with van der Waals surface area (Å²) in [5.41, 5.74) is 2.76. The number of aryl methyl sites for hydroxylation is 1. The Morgan fingerprint density at radius 3 is 2.59 bits per heavy atom. The average molecular weight is 555 g/mol. The molecule has 1 amide bonds. The molecule has 208 valence electrons. The third-order valence-corrected chi connectivity index (χ3v) is 8.21. The zero-order valence-electron chi connectivity index (χ0n) is 21.9. The number of unbranched alkanes of at least 4 members (excludes halogenated alkanes) is 1. The molecule has 2 heterocycles. The molecular weight excluding hydrogens is 520 g/mol. The van der Waals surface area contributed by atoms with Crippen LogP contribution in [0.2, 0.25) is 0 Å². The van der Waals surface area contributed by atoms with Crippen molar-refractivity contribution in [1.82, 2.24) is 20.3 Å². The minimum atomic E-state index is -4.03. The number of sulfonamides is 1. The molecule has 2 aromatic carbocycles. The molecule has 4 rings (SSSR count). The molecule has 0 spiro atoms. The van der Waals surface area contributed by atoms with E-state index in [0.29, 0.717) is 32.4 Å². The van der Waals surface area contributed by atoms with Crippen molar-refractivity contribution in [2.24, 2.45) is 0 Å². The van der Waals surface area contributed by atoms with Crippen molar-refractivity contribution in [2.75, 3.05) is 13.1 Å². The molecule has 39 heavy (non-hydrogen) atoms. The Balaban J connectivity index is 1.31. The highest BCUT2D eigenvalue weighted by Crippen LogP contribution is 2.18. The van der Waals surface area contributed by atoms with Crippen molar-refractivity contribution in [1.29, 1.82) is 0 Å². The maximum Gasteiger partial charge on any atom is 0.331 e. The summed E-state index contributed by atoms with van der Waals surface area (Å²) < 4.78 is 33.3. The summed E-state index contributed by atoms with van der Waals surface area (Å²) in [6.45, 7) is 2.86. The predicted octanol–water partition coefficient (Wildman–Crippen LogP) is 2.47. The minimum absolute atomic E-state index is 0.0132. The van der Waals surface area contributed by atoms with Crippen LogP contribution in [0.4, 0.5) is 0 Å². The van der Waals surface area contributed by atoms with E-state index >= 15 is 0 Å². The number of aromatic amines is 1. The summed E-state index contributed by atoms with van der Waals surface area (Å²) in [4.78, 5) is 40.8. The SMILES string of the molecule is Cc1ccc(S(=O)(=O)N[C@@H](CCCCNC(=O)Cc2c[nH]c3ccccc23)C(=O)OC(=O)[C@@H]2CCCN2)cc1. The van der Waals surface area contributed by atoms with Crippen molar-refractivity contribution >= 4 is 38.8 Å². The Morgan fingerprint density at radius 1 is 1.08 bits per heavy atom. The maximum absolute atomic E-state index is 12.9. The van der Waals surface area contributed by atoms with Crippen molar-refractivity contribution < 1.29 is 27.5 Å². The van der Waals surface area contributed by atoms with Gasteiger partial charge in [0, 0.05) is 23.6 Å². The molecule has 0 aliphatic carbocycles. The van der Waals surface area contributed by atoms with E-state index in [2.05, 4.69) is 20.3 Å². The van der Waals surface area contributed by atoms with E-state index in [1.807, 2.05) is 37.4 Å². The van der Waals surface area contributed by atoms with E-state index in [-0.39, 0.29) is 23.6 Å². The highest BCUT2D eigenvalue weighted by molar-refractivity contribution is 7.89. The van der Waals surface area contributed by atoms with Gasteiger partial charge in [-0.15, -0.1) is 0 Å². The molecule has 1 aliphatic rings. The molecule has 1 aliphatic heterocycles. The van der Waals surface area contributed by atoms with Crippen LogP contribution in [0.5, 0.6) is 0 Å². The first-order valence-electron chi connectivity index (χ1n) is 13.1. The average Bonchev–Trinajstić information content (AvgIpc) is 3.59. The highest BCUT2D eigenvalue weighted by Gasteiger charge is 2.31.